The lowest BCUT2D eigenvalue weighted by atomic mass is 9.98. The Morgan fingerprint density at radius 1 is 1.05 bits per heavy atom. The van der Waals surface area contributed by atoms with Gasteiger partial charge in [0, 0.05) is 5.56 Å². The van der Waals surface area contributed by atoms with Gasteiger partial charge >= 0.3 is 0 Å². The van der Waals surface area contributed by atoms with E-state index in [0.717, 1.165) is 11.1 Å². The van der Waals surface area contributed by atoms with Gasteiger partial charge in [-0.25, -0.2) is 4.39 Å². The number of aliphatic hydroxyl groups excluding tert-OH is 1. The van der Waals surface area contributed by atoms with Crippen molar-refractivity contribution in [1.82, 2.24) is 0 Å². The minimum atomic E-state index is -0.898. The van der Waals surface area contributed by atoms with E-state index in [0.29, 0.717) is 16.9 Å². The molecule has 19 heavy (non-hydrogen) atoms. The molecule has 1 N–H and O–H groups in total. The van der Waals surface area contributed by atoms with Gasteiger partial charge in [-0.1, -0.05) is 18.2 Å². The highest BCUT2D eigenvalue weighted by atomic mass is 19.1. The largest absolute Gasteiger partial charge is 0.496 e. The van der Waals surface area contributed by atoms with Crippen molar-refractivity contribution in [3.63, 3.8) is 0 Å². The molecule has 1 unspecified atom stereocenters. The Hall–Kier alpha value is -1.87. The monoisotopic (exact) mass is 260 g/mol. The summed E-state index contributed by atoms with van der Waals surface area (Å²) in [6.07, 6.45) is -0.898. The quantitative estimate of drug-likeness (QED) is 0.914. The molecule has 100 valence electrons. The fourth-order valence-corrected chi connectivity index (χ4v) is 2.15. The number of hydrogen-bond donors (Lipinski definition) is 1. The fraction of sp³-hybridized carbons (Fsp3) is 0.250. The molecule has 0 bridgehead atoms. The summed E-state index contributed by atoms with van der Waals surface area (Å²) in [6, 6.07) is 10.1. The zero-order valence-electron chi connectivity index (χ0n) is 11.3. The van der Waals surface area contributed by atoms with Crippen molar-refractivity contribution in [2.75, 3.05) is 7.11 Å². The van der Waals surface area contributed by atoms with E-state index in [9.17, 15) is 9.50 Å². The molecule has 0 aromatic heterocycles. The molecule has 2 aromatic carbocycles. The van der Waals surface area contributed by atoms with Gasteiger partial charge in [0.25, 0.3) is 0 Å². The topological polar surface area (TPSA) is 29.5 Å². The first kappa shape index (κ1) is 13.6. The second kappa shape index (κ2) is 5.41. The fourth-order valence-electron chi connectivity index (χ4n) is 2.15. The Labute approximate surface area is 112 Å². The molecule has 0 radical (unpaired) electrons. The van der Waals surface area contributed by atoms with Crippen LogP contribution in [0.4, 0.5) is 4.39 Å². The zero-order valence-corrected chi connectivity index (χ0v) is 11.3. The predicted octanol–water partition coefficient (Wildman–Crippen LogP) is 3.53. The standard InChI is InChI=1S/C16H17FO2/c1-10-4-5-14(15(8-10)19-3)16(18)12-6-11(2)7-13(17)9-12/h4-9,16,18H,1-3H3. The van der Waals surface area contributed by atoms with Crippen LogP contribution < -0.4 is 4.74 Å². The van der Waals surface area contributed by atoms with Gasteiger partial charge < -0.3 is 9.84 Å². The summed E-state index contributed by atoms with van der Waals surface area (Å²) < 4.78 is 18.7. The second-order valence-corrected chi connectivity index (χ2v) is 4.71. The van der Waals surface area contributed by atoms with Crippen molar-refractivity contribution >= 4 is 0 Å². The summed E-state index contributed by atoms with van der Waals surface area (Å²) in [4.78, 5) is 0. The molecule has 1 atom stereocenters. The van der Waals surface area contributed by atoms with Gasteiger partial charge in [0.1, 0.15) is 17.7 Å². The summed E-state index contributed by atoms with van der Waals surface area (Å²) in [5.41, 5.74) is 2.99. The molecule has 0 aliphatic rings. The average Bonchev–Trinajstić information content (AvgIpc) is 2.36. The number of methoxy groups -OCH3 is 1. The van der Waals surface area contributed by atoms with E-state index in [4.69, 9.17) is 4.74 Å². The summed E-state index contributed by atoms with van der Waals surface area (Å²) in [5, 5.41) is 10.4. The third-order valence-corrected chi connectivity index (χ3v) is 3.06. The van der Waals surface area contributed by atoms with Crippen molar-refractivity contribution in [1.29, 1.82) is 0 Å². The third-order valence-electron chi connectivity index (χ3n) is 3.06. The molecule has 0 heterocycles. The van der Waals surface area contributed by atoms with Gasteiger partial charge in [-0.2, -0.15) is 0 Å². The lowest BCUT2D eigenvalue weighted by Crippen LogP contribution is -2.03. The number of benzene rings is 2. The number of hydrogen-bond acceptors (Lipinski definition) is 2. The molecule has 0 spiro atoms. The van der Waals surface area contributed by atoms with Crippen LogP contribution in [-0.2, 0) is 0 Å². The van der Waals surface area contributed by atoms with Crippen molar-refractivity contribution in [2.45, 2.75) is 20.0 Å². The first-order valence-corrected chi connectivity index (χ1v) is 6.11. The van der Waals surface area contributed by atoms with Crippen molar-refractivity contribution in [2.24, 2.45) is 0 Å². The van der Waals surface area contributed by atoms with Crippen LogP contribution in [0.25, 0.3) is 0 Å². The van der Waals surface area contributed by atoms with Crippen LogP contribution in [0.15, 0.2) is 36.4 Å². The number of halogens is 1. The van der Waals surface area contributed by atoms with E-state index in [1.165, 1.54) is 12.1 Å². The third kappa shape index (κ3) is 2.93. The van der Waals surface area contributed by atoms with E-state index in [-0.39, 0.29) is 5.82 Å². The SMILES string of the molecule is COc1cc(C)ccc1C(O)c1cc(C)cc(F)c1. The molecule has 2 rings (SSSR count). The normalized spacial score (nSPS) is 12.3. The van der Waals surface area contributed by atoms with Crippen molar-refractivity contribution in [3.05, 3.63) is 64.5 Å². The summed E-state index contributed by atoms with van der Waals surface area (Å²) >= 11 is 0. The Morgan fingerprint density at radius 3 is 2.42 bits per heavy atom. The first-order chi connectivity index (χ1) is 9.01. The van der Waals surface area contributed by atoms with E-state index in [2.05, 4.69) is 0 Å². The molecular weight excluding hydrogens is 243 g/mol. The van der Waals surface area contributed by atoms with E-state index >= 15 is 0 Å². The Kier molecular flexibility index (Phi) is 3.86. The Bertz CT molecular complexity index is 573. The highest BCUT2D eigenvalue weighted by Gasteiger charge is 2.16. The molecule has 2 nitrogen and oxygen atoms in total. The van der Waals surface area contributed by atoms with Gasteiger partial charge in [0.2, 0.25) is 0 Å². The highest BCUT2D eigenvalue weighted by Crippen LogP contribution is 2.31. The smallest absolute Gasteiger partial charge is 0.125 e. The maximum Gasteiger partial charge on any atom is 0.125 e. The Balaban J connectivity index is 2.46. The zero-order chi connectivity index (χ0) is 14.0. The van der Waals surface area contributed by atoms with E-state index < -0.39 is 6.10 Å². The van der Waals surface area contributed by atoms with Crippen LogP contribution in [0.2, 0.25) is 0 Å². The van der Waals surface area contributed by atoms with Gasteiger partial charge in [-0.05, 0) is 48.7 Å². The van der Waals surface area contributed by atoms with Gasteiger partial charge in [-0.3, -0.25) is 0 Å². The lowest BCUT2D eigenvalue weighted by molar-refractivity contribution is 0.214. The van der Waals surface area contributed by atoms with E-state index in [1.807, 2.05) is 19.1 Å². The van der Waals surface area contributed by atoms with E-state index in [1.54, 1.807) is 26.2 Å². The molecule has 3 heteroatoms. The molecule has 0 saturated carbocycles. The second-order valence-electron chi connectivity index (χ2n) is 4.71. The summed E-state index contributed by atoms with van der Waals surface area (Å²) in [5.74, 6) is 0.259. The molecule has 0 aliphatic carbocycles. The molecule has 2 aromatic rings. The Morgan fingerprint density at radius 2 is 1.79 bits per heavy atom. The minimum Gasteiger partial charge on any atom is -0.496 e. The number of rotatable bonds is 3. The minimum absolute atomic E-state index is 0.347. The molecular formula is C16H17FO2. The van der Waals surface area contributed by atoms with Crippen molar-refractivity contribution < 1.29 is 14.2 Å². The highest BCUT2D eigenvalue weighted by molar-refractivity contribution is 5.43. The molecule has 0 fully saturated rings. The van der Waals surface area contributed by atoms with Crippen LogP contribution in [0.3, 0.4) is 0 Å². The number of aliphatic hydroxyl groups is 1. The molecule has 0 aliphatic heterocycles. The van der Waals surface area contributed by atoms with Gasteiger partial charge in [0.05, 0.1) is 7.11 Å². The number of ether oxygens (including phenoxy) is 1. The maximum atomic E-state index is 13.4. The maximum absolute atomic E-state index is 13.4. The molecule has 0 amide bonds. The summed E-state index contributed by atoms with van der Waals surface area (Å²) in [6.45, 7) is 3.75. The van der Waals surface area contributed by atoms with Gasteiger partial charge in [0.15, 0.2) is 0 Å². The number of aryl methyl sites for hydroxylation is 2. The van der Waals surface area contributed by atoms with Crippen LogP contribution in [0, 0.1) is 19.7 Å². The predicted molar refractivity (Wildman–Crippen MR) is 72.9 cm³/mol. The molecule has 0 saturated heterocycles. The van der Waals surface area contributed by atoms with Crippen LogP contribution in [-0.4, -0.2) is 12.2 Å². The van der Waals surface area contributed by atoms with Gasteiger partial charge in [-0.15, -0.1) is 0 Å². The average molecular weight is 260 g/mol. The first-order valence-electron chi connectivity index (χ1n) is 6.11. The summed E-state index contributed by atoms with van der Waals surface area (Å²) in [7, 11) is 1.56. The van der Waals surface area contributed by atoms with Crippen LogP contribution >= 0.6 is 0 Å². The van der Waals surface area contributed by atoms with Crippen LogP contribution in [0.1, 0.15) is 28.4 Å². The van der Waals surface area contributed by atoms with Crippen LogP contribution in [0.5, 0.6) is 5.75 Å². The lowest BCUT2D eigenvalue weighted by Gasteiger charge is -2.16. The van der Waals surface area contributed by atoms with Crippen molar-refractivity contribution in [3.8, 4) is 5.75 Å².